The van der Waals surface area contributed by atoms with Gasteiger partial charge in [0.15, 0.2) is 6.23 Å². The standard InChI is InChI=1S/C19H22O5Si/c1-3-19(20)22-16-25(21-2,23-14-17-10-6-4-7-11-17)24-15-18-12-8-5-9-13-18/h3-13H,1,14-16H2,2H3. The van der Waals surface area contributed by atoms with E-state index in [9.17, 15) is 4.79 Å². The van der Waals surface area contributed by atoms with Crippen molar-refractivity contribution in [2.45, 2.75) is 13.2 Å². The number of hydrogen-bond acceptors (Lipinski definition) is 5. The van der Waals surface area contributed by atoms with Crippen LogP contribution in [-0.2, 0) is 36.0 Å². The number of carbonyl (C=O) groups excluding carboxylic acids is 1. The van der Waals surface area contributed by atoms with E-state index in [1.54, 1.807) is 0 Å². The highest BCUT2D eigenvalue weighted by atomic mass is 28.4. The lowest BCUT2D eigenvalue weighted by Crippen LogP contribution is -2.50. The molecule has 25 heavy (non-hydrogen) atoms. The lowest BCUT2D eigenvalue weighted by Gasteiger charge is -2.27. The maximum absolute atomic E-state index is 11.4. The van der Waals surface area contributed by atoms with Gasteiger partial charge in [-0.25, -0.2) is 4.79 Å². The Morgan fingerprint density at radius 2 is 1.44 bits per heavy atom. The van der Waals surface area contributed by atoms with Crippen LogP contribution < -0.4 is 0 Å². The lowest BCUT2D eigenvalue weighted by molar-refractivity contribution is -0.137. The van der Waals surface area contributed by atoms with Gasteiger partial charge in [0.1, 0.15) is 0 Å². The summed E-state index contributed by atoms with van der Waals surface area (Å²) in [5.41, 5.74) is 1.96. The van der Waals surface area contributed by atoms with Crippen molar-refractivity contribution in [2.24, 2.45) is 0 Å². The first-order valence-electron chi connectivity index (χ1n) is 7.87. The Bertz CT molecular complexity index is 617. The molecule has 0 amide bonds. The summed E-state index contributed by atoms with van der Waals surface area (Å²) in [5.74, 6) is -0.541. The van der Waals surface area contributed by atoms with Crippen LogP contribution in [0.3, 0.4) is 0 Å². The van der Waals surface area contributed by atoms with Crippen LogP contribution in [0.15, 0.2) is 73.3 Å². The molecule has 2 rings (SSSR count). The van der Waals surface area contributed by atoms with Crippen LogP contribution >= 0.6 is 0 Å². The summed E-state index contributed by atoms with van der Waals surface area (Å²) in [4.78, 5) is 11.4. The maximum atomic E-state index is 11.4. The molecule has 0 saturated heterocycles. The molecule has 0 aromatic heterocycles. The third-order valence-electron chi connectivity index (χ3n) is 3.47. The largest absolute Gasteiger partial charge is 0.541 e. The summed E-state index contributed by atoms with van der Waals surface area (Å²) in [5, 5.41) is 0. The second-order valence-electron chi connectivity index (χ2n) is 5.25. The van der Waals surface area contributed by atoms with Crippen LogP contribution in [-0.4, -0.2) is 28.1 Å². The number of esters is 1. The molecule has 0 unspecified atom stereocenters. The molecule has 132 valence electrons. The molecule has 0 spiro atoms. The topological polar surface area (TPSA) is 54.0 Å². The molecular weight excluding hydrogens is 336 g/mol. The molecule has 2 aromatic rings. The quantitative estimate of drug-likeness (QED) is 0.371. The molecule has 0 aliphatic carbocycles. The van der Waals surface area contributed by atoms with Gasteiger partial charge in [0, 0.05) is 13.2 Å². The third kappa shape index (κ3) is 6.28. The molecule has 0 N–H and O–H groups in total. The second kappa shape index (κ2) is 9.90. The average Bonchev–Trinajstić information content (AvgIpc) is 2.69. The van der Waals surface area contributed by atoms with Gasteiger partial charge in [-0.15, -0.1) is 0 Å². The van der Waals surface area contributed by atoms with E-state index in [0.29, 0.717) is 13.2 Å². The first-order chi connectivity index (χ1) is 12.2. The Morgan fingerprint density at radius 3 is 1.84 bits per heavy atom. The van der Waals surface area contributed by atoms with Crippen molar-refractivity contribution in [3.63, 3.8) is 0 Å². The fourth-order valence-corrected chi connectivity index (χ4v) is 3.75. The Kier molecular flexibility index (Phi) is 7.56. The highest BCUT2D eigenvalue weighted by Gasteiger charge is 2.42. The maximum Gasteiger partial charge on any atom is 0.541 e. The zero-order valence-electron chi connectivity index (χ0n) is 14.2. The van der Waals surface area contributed by atoms with Crippen LogP contribution in [0, 0.1) is 0 Å². The molecule has 0 heterocycles. The summed E-state index contributed by atoms with van der Waals surface area (Å²) in [6.45, 7) is 4.01. The average molecular weight is 358 g/mol. The molecule has 0 radical (unpaired) electrons. The zero-order chi connectivity index (χ0) is 18.0. The number of hydrogen-bond donors (Lipinski definition) is 0. The molecular formula is C19H22O5Si. The van der Waals surface area contributed by atoms with Crippen molar-refractivity contribution in [3.05, 3.63) is 84.4 Å². The SMILES string of the molecule is C=CC(=O)OC[Si](OC)(OCc1ccccc1)OCc1ccccc1. The minimum atomic E-state index is -3.20. The van der Waals surface area contributed by atoms with Crippen molar-refractivity contribution in [1.82, 2.24) is 0 Å². The predicted octanol–water partition coefficient (Wildman–Crippen LogP) is 3.27. The van der Waals surface area contributed by atoms with E-state index >= 15 is 0 Å². The van der Waals surface area contributed by atoms with Gasteiger partial charge in [0.25, 0.3) is 0 Å². The van der Waals surface area contributed by atoms with Crippen LogP contribution in [0.4, 0.5) is 0 Å². The Hall–Kier alpha value is -2.25. The van der Waals surface area contributed by atoms with Gasteiger partial charge in [-0.05, 0) is 11.1 Å². The van der Waals surface area contributed by atoms with Gasteiger partial charge >= 0.3 is 14.8 Å². The molecule has 2 aromatic carbocycles. The van der Waals surface area contributed by atoms with Gasteiger partial charge in [-0.3, -0.25) is 0 Å². The molecule has 0 fully saturated rings. The first kappa shape index (κ1) is 19.1. The number of benzene rings is 2. The normalized spacial score (nSPS) is 11.1. The van der Waals surface area contributed by atoms with Gasteiger partial charge in [0.2, 0.25) is 0 Å². The summed E-state index contributed by atoms with van der Waals surface area (Å²) in [6.07, 6.45) is 1.03. The minimum Gasteiger partial charge on any atom is -0.458 e. The van der Waals surface area contributed by atoms with E-state index in [-0.39, 0.29) is 6.23 Å². The van der Waals surface area contributed by atoms with E-state index < -0.39 is 14.8 Å². The molecule has 0 aliphatic heterocycles. The number of carbonyl (C=O) groups is 1. The zero-order valence-corrected chi connectivity index (χ0v) is 15.2. The second-order valence-corrected chi connectivity index (χ2v) is 7.89. The van der Waals surface area contributed by atoms with Crippen LogP contribution in [0.25, 0.3) is 0 Å². The van der Waals surface area contributed by atoms with Gasteiger partial charge in [-0.1, -0.05) is 67.2 Å². The van der Waals surface area contributed by atoms with E-state index in [1.165, 1.54) is 7.11 Å². The minimum absolute atomic E-state index is 0.0754. The molecule has 0 aliphatic rings. The van der Waals surface area contributed by atoms with Gasteiger partial charge in [0.05, 0.1) is 13.2 Å². The summed E-state index contributed by atoms with van der Waals surface area (Å²) in [7, 11) is -1.70. The number of rotatable bonds is 10. The first-order valence-corrected chi connectivity index (χ1v) is 9.81. The predicted molar refractivity (Wildman–Crippen MR) is 96.4 cm³/mol. The highest BCUT2D eigenvalue weighted by Crippen LogP contribution is 2.16. The van der Waals surface area contributed by atoms with Crippen LogP contribution in [0.1, 0.15) is 11.1 Å². The van der Waals surface area contributed by atoms with Crippen LogP contribution in [0.2, 0.25) is 0 Å². The summed E-state index contributed by atoms with van der Waals surface area (Å²) < 4.78 is 22.6. The summed E-state index contributed by atoms with van der Waals surface area (Å²) in [6, 6.07) is 19.4. The number of ether oxygens (including phenoxy) is 1. The van der Waals surface area contributed by atoms with Crippen molar-refractivity contribution in [3.8, 4) is 0 Å². The van der Waals surface area contributed by atoms with E-state index in [1.807, 2.05) is 60.7 Å². The molecule has 0 bridgehead atoms. The molecule has 0 saturated carbocycles. The molecule has 5 nitrogen and oxygen atoms in total. The smallest absolute Gasteiger partial charge is 0.458 e. The van der Waals surface area contributed by atoms with Gasteiger partial charge in [-0.2, -0.15) is 0 Å². The van der Waals surface area contributed by atoms with Crippen molar-refractivity contribution >= 4 is 14.8 Å². The van der Waals surface area contributed by atoms with Crippen LogP contribution in [0.5, 0.6) is 0 Å². The third-order valence-corrected chi connectivity index (χ3v) is 5.76. The fourth-order valence-electron chi connectivity index (χ4n) is 2.06. The molecule has 6 heteroatoms. The monoisotopic (exact) mass is 358 g/mol. The van der Waals surface area contributed by atoms with Crippen molar-refractivity contribution in [2.75, 3.05) is 13.3 Å². The van der Waals surface area contributed by atoms with E-state index in [4.69, 9.17) is 18.0 Å². The Morgan fingerprint density at radius 1 is 0.960 bits per heavy atom. The molecule has 0 atom stereocenters. The fraction of sp³-hybridized carbons (Fsp3) is 0.211. The van der Waals surface area contributed by atoms with Crippen molar-refractivity contribution < 1.29 is 22.8 Å². The van der Waals surface area contributed by atoms with E-state index in [2.05, 4.69) is 6.58 Å². The Labute approximate surface area is 149 Å². The van der Waals surface area contributed by atoms with Crippen molar-refractivity contribution in [1.29, 1.82) is 0 Å². The Balaban J connectivity index is 2.06. The summed E-state index contributed by atoms with van der Waals surface area (Å²) >= 11 is 0. The highest BCUT2D eigenvalue weighted by molar-refractivity contribution is 6.60. The lowest BCUT2D eigenvalue weighted by atomic mass is 10.2. The van der Waals surface area contributed by atoms with E-state index in [0.717, 1.165) is 17.2 Å². The van der Waals surface area contributed by atoms with Gasteiger partial charge < -0.3 is 18.0 Å².